The van der Waals surface area contributed by atoms with Gasteiger partial charge in [-0.1, -0.05) is 23.4 Å². The second-order valence-electron chi connectivity index (χ2n) is 3.68. The Morgan fingerprint density at radius 2 is 2.37 bits per heavy atom. The monoisotopic (exact) mass is 303 g/mol. The van der Waals surface area contributed by atoms with Gasteiger partial charge in [-0.25, -0.2) is 4.68 Å². The molecule has 104 valence electrons. The van der Waals surface area contributed by atoms with Crippen LogP contribution in [0.3, 0.4) is 0 Å². The maximum absolute atomic E-state index is 11.7. The maximum atomic E-state index is 11.7. The molecule has 0 saturated heterocycles. The average Bonchev–Trinajstić information content (AvgIpc) is 2.86. The van der Waals surface area contributed by atoms with Crippen LogP contribution in [0.1, 0.15) is 17.7 Å². The molecule has 0 unspecified atom stereocenters. The highest BCUT2D eigenvalue weighted by Crippen LogP contribution is 2.07. The number of aryl methyl sites for hydroxylation is 2. The standard InChI is InChI=1S/C10H13N5O2S.ClH/c1-3-9-13-15(10(11)18-9)5-8(16)12-7-4-6(2)17-14-7;/h4,11H,3,5H2,1-2H3,(H,12,14,16);1H. The normalized spacial score (nSPS) is 10.0. The molecule has 2 rings (SSSR count). The molecule has 2 aromatic rings. The zero-order valence-corrected chi connectivity index (χ0v) is 12.1. The van der Waals surface area contributed by atoms with Gasteiger partial charge >= 0.3 is 0 Å². The van der Waals surface area contributed by atoms with Crippen molar-refractivity contribution in [2.75, 3.05) is 5.32 Å². The Kier molecular flexibility index (Phi) is 5.25. The molecule has 0 aliphatic carbocycles. The Balaban J connectivity index is 0.00000180. The number of nitrogens with one attached hydrogen (secondary N) is 2. The lowest BCUT2D eigenvalue weighted by molar-refractivity contribution is -0.117. The van der Waals surface area contributed by atoms with Gasteiger partial charge in [-0.2, -0.15) is 5.10 Å². The SMILES string of the molecule is CCc1nn(CC(=O)Nc2cc(C)on2)c(=N)s1.Cl. The highest BCUT2D eigenvalue weighted by molar-refractivity contribution is 7.08. The van der Waals surface area contributed by atoms with Gasteiger partial charge in [-0.05, 0) is 13.3 Å². The van der Waals surface area contributed by atoms with Crippen molar-refractivity contribution in [3.63, 3.8) is 0 Å². The van der Waals surface area contributed by atoms with Crippen LogP contribution in [0.25, 0.3) is 0 Å². The molecule has 0 aliphatic rings. The highest BCUT2D eigenvalue weighted by atomic mass is 35.5. The molecular formula is C10H14ClN5O2S. The summed E-state index contributed by atoms with van der Waals surface area (Å²) in [4.78, 5) is 12.0. The Labute approximate surface area is 119 Å². The van der Waals surface area contributed by atoms with Gasteiger partial charge < -0.3 is 9.84 Å². The third kappa shape index (κ3) is 3.90. The first-order valence-electron chi connectivity index (χ1n) is 5.43. The molecule has 0 saturated carbocycles. The van der Waals surface area contributed by atoms with Crippen molar-refractivity contribution in [2.45, 2.75) is 26.8 Å². The van der Waals surface area contributed by atoms with Crippen LogP contribution in [0, 0.1) is 12.3 Å². The average molecular weight is 304 g/mol. The molecule has 0 bridgehead atoms. The summed E-state index contributed by atoms with van der Waals surface area (Å²) in [5.74, 6) is 0.714. The lowest BCUT2D eigenvalue weighted by atomic mass is 10.5. The fourth-order valence-corrected chi connectivity index (χ4v) is 2.08. The van der Waals surface area contributed by atoms with E-state index in [2.05, 4.69) is 15.6 Å². The summed E-state index contributed by atoms with van der Waals surface area (Å²) in [6.45, 7) is 3.70. The van der Waals surface area contributed by atoms with E-state index in [1.54, 1.807) is 13.0 Å². The molecule has 2 N–H and O–H groups in total. The summed E-state index contributed by atoms with van der Waals surface area (Å²) < 4.78 is 6.21. The predicted molar refractivity (Wildman–Crippen MR) is 72.5 cm³/mol. The minimum Gasteiger partial charge on any atom is -0.360 e. The van der Waals surface area contributed by atoms with Gasteiger partial charge in [0.15, 0.2) is 5.82 Å². The van der Waals surface area contributed by atoms with Crippen molar-refractivity contribution in [1.29, 1.82) is 5.41 Å². The van der Waals surface area contributed by atoms with Crippen LogP contribution in [0.5, 0.6) is 0 Å². The van der Waals surface area contributed by atoms with Crippen LogP contribution < -0.4 is 10.1 Å². The van der Waals surface area contributed by atoms with Crippen molar-refractivity contribution in [3.8, 4) is 0 Å². The molecule has 9 heteroatoms. The second kappa shape index (κ2) is 6.48. The number of carbonyl (C=O) groups is 1. The van der Waals surface area contributed by atoms with Crippen LogP contribution in [0.2, 0.25) is 0 Å². The smallest absolute Gasteiger partial charge is 0.247 e. The molecule has 0 atom stereocenters. The largest absolute Gasteiger partial charge is 0.360 e. The van der Waals surface area contributed by atoms with Crippen molar-refractivity contribution in [2.24, 2.45) is 0 Å². The molecule has 2 heterocycles. The zero-order valence-electron chi connectivity index (χ0n) is 10.5. The number of halogens is 1. The van der Waals surface area contributed by atoms with Crippen LogP contribution in [0.15, 0.2) is 10.6 Å². The maximum Gasteiger partial charge on any atom is 0.247 e. The molecule has 0 aliphatic heterocycles. The van der Waals surface area contributed by atoms with Crippen LogP contribution in [-0.4, -0.2) is 20.8 Å². The fraction of sp³-hybridized carbons (Fsp3) is 0.400. The first-order chi connectivity index (χ1) is 8.58. The van der Waals surface area contributed by atoms with Gasteiger partial charge in [0.2, 0.25) is 10.7 Å². The van der Waals surface area contributed by atoms with Crippen LogP contribution in [0.4, 0.5) is 5.82 Å². The Morgan fingerprint density at radius 3 is 2.89 bits per heavy atom. The van der Waals surface area contributed by atoms with E-state index in [4.69, 9.17) is 9.93 Å². The van der Waals surface area contributed by atoms with Crippen molar-refractivity contribution >= 4 is 35.5 Å². The molecule has 7 nitrogen and oxygen atoms in total. The van der Waals surface area contributed by atoms with Gasteiger partial charge in [0, 0.05) is 6.07 Å². The number of carbonyl (C=O) groups excluding carboxylic acids is 1. The number of anilines is 1. The summed E-state index contributed by atoms with van der Waals surface area (Å²) in [5.41, 5.74) is 0. The zero-order chi connectivity index (χ0) is 13.1. The molecule has 0 radical (unpaired) electrons. The molecule has 0 fully saturated rings. The fourth-order valence-electron chi connectivity index (χ4n) is 1.36. The Bertz CT molecular complexity index is 617. The van der Waals surface area contributed by atoms with E-state index in [9.17, 15) is 4.79 Å². The predicted octanol–water partition coefficient (Wildman–Crippen LogP) is 1.34. The summed E-state index contributed by atoms with van der Waals surface area (Å²) in [6.07, 6.45) is 0.758. The number of hydrogen-bond donors (Lipinski definition) is 2. The molecule has 2 aromatic heterocycles. The van der Waals surface area contributed by atoms with Crippen molar-refractivity contribution in [1.82, 2.24) is 14.9 Å². The third-order valence-corrected chi connectivity index (χ3v) is 3.18. The number of amides is 1. The Hall–Kier alpha value is -1.67. The summed E-state index contributed by atoms with van der Waals surface area (Å²) in [7, 11) is 0. The topological polar surface area (TPSA) is 96.8 Å². The first kappa shape index (κ1) is 15.4. The van der Waals surface area contributed by atoms with E-state index < -0.39 is 0 Å². The quantitative estimate of drug-likeness (QED) is 0.890. The van der Waals surface area contributed by atoms with Gasteiger partial charge in [-0.3, -0.25) is 10.2 Å². The number of aromatic nitrogens is 3. The van der Waals surface area contributed by atoms with E-state index in [0.29, 0.717) is 11.6 Å². The molecule has 0 spiro atoms. The van der Waals surface area contributed by atoms with E-state index in [1.165, 1.54) is 16.0 Å². The van der Waals surface area contributed by atoms with E-state index >= 15 is 0 Å². The lowest BCUT2D eigenvalue weighted by Gasteiger charge is -2.00. The summed E-state index contributed by atoms with van der Waals surface area (Å²) >= 11 is 1.27. The van der Waals surface area contributed by atoms with Crippen molar-refractivity contribution < 1.29 is 9.32 Å². The van der Waals surface area contributed by atoms with Crippen LogP contribution >= 0.6 is 23.7 Å². The first-order valence-corrected chi connectivity index (χ1v) is 6.24. The van der Waals surface area contributed by atoms with Crippen molar-refractivity contribution in [3.05, 3.63) is 21.6 Å². The van der Waals surface area contributed by atoms with Gasteiger partial charge in [0.25, 0.3) is 0 Å². The minimum atomic E-state index is -0.283. The second-order valence-corrected chi connectivity index (χ2v) is 4.75. The van der Waals surface area contributed by atoms with E-state index in [1.807, 2.05) is 6.92 Å². The molecular weight excluding hydrogens is 290 g/mol. The Morgan fingerprint density at radius 1 is 1.63 bits per heavy atom. The van der Waals surface area contributed by atoms with Gasteiger partial charge in [0.05, 0.1) is 0 Å². The summed E-state index contributed by atoms with van der Waals surface area (Å²) in [6, 6.07) is 1.63. The minimum absolute atomic E-state index is 0. The van der Waals surface area contributed by atoms with E-state index in [0.717, 1.165) is 11.4 Å². The van der Waals surface area contributed by atoms with Gasteiger partial charge in [-0.15, -0.1) is 12.4 Å². The van der Waals surface area contributed by atoms with Crippen LogP contribution in [-0.2, 0) is 17.8 Å². The number of rotatable bonds is 4. The summed E-state index contributed by atoms with van der Waals surface area (Å²) in [5, 5.41) is 18.9. The third-order valence-electron chi connectivity index (χ3n) is 2.17. The lowest BCUT2D eigenvalue weighted by Crippen LogP contribution is -2.25. The molecule has 0 aromatic carbocycles. The van der Waals surface area contributed by atoms with Gasteiger partial charge in [0.1, 0.15) is 17.3 Å². The number of hydrogen-bond acceptors (Lipinski definition) is 6. The number of nitrogens with zero attached hydrogens (tertiary/aromatic N) is 3. The van der Waals surface area contributed by atoms with E-state index in [-0.39, 0.29) is 29.7 Å². The molecule has 1 amide bonds. The highest BCUT2D eigenvalue weighted by Gasteiger charge is 2.09. The molecule has 19 heavy (non-hydrogen) atoms.